The summed E-state index contributed by atoms with van der Waals surface area (Å²) in [7, 11) is 0. The summed E-state index contributed by atoms with van der Waals surface area (Å²) in [6.45, 7) is 3.87. The maximum atomic E-state index is 12.8. The van der Waals surface area contributed by atoms with Gasteiger partial charge in [0.15, 0.2) is 0 Å². The van der Waals surface area contributed by atoms with E-state index in [4.69, 9.17) is 14.6 Å². The molecule has 0 saturated heterocycles. The first-order chi connectivity index (χ1) is 10.9. The Kier molecular flexibility index (Phi) is 8.04. The van der Waals surface area contributed by atoms with Gasteiger partial charge in [0.2, 0.25) is 12.0 Å². The first kappa shape index (κ1) is 18.9. The van der Waals surface area contributed by atoms with Crippen molar-refractivity contribution in [3.63, 3.8) is 0 Å². The lowest BCUT2D eigenvalue weighted by Crippen LogP contribution is -2.44. The Morgan fingerprint density at radius 2 is 1.96 bits per heavy atom. The number of carboxylic acids is 1. The zero-order valence-electron chi connectivity index (χ0n) is 13.3. The molecule has 2 atom stereocenters. The second-order valence-corrected chi connectivity index (χ2v) is 5.01. The van der Waals surface area contributed by atoms with E-state index in [0.29, 0.717) is 6.61 Å². The van der Waals surface area contributed by atoms with Crippen LogP contribution in [0.5, 0.6) is 5.75 Å². The lowest BCUT2D eigenvalue weighted by atomic mass is 10.3. The van der Waals surface area contributed by atoms with Crippen LogP contribution in [0.2, 0.25) is 0 Å². The van der Waals surface area contributed by atoms with Crippen LogP contribution in [0.3, 0.4) is 0 Å². The average Bonchev–Trinajstić information content (AvgIpc) is 2.52. The lowest BCUT2D eigenvalue weighted by molar-refractivity contribution is -0.145. The number of rotatable bonds is 10. The molecule has 0 aliphatic heterocycles. The van der Waals surface area contributed by atoms with Gasteiger partial charge in [-0.3, -0.25) is 4.79 Å². The molecule has 128 valence electrons. The van der Waals surface area contributed by atoms with Crippen molar-refractivity contribution in [1.82, 2.24) is 5.32 Å². The van der Waals surface area contributed by atoms with Crippen molar-refractivity contribution >= 4 is 11.9 Å². The molecule has 0 spiro atoms. The van der Waals surface area contributed by atoms with Gasteiger partial charge in [-0.1, -0.05) is 13.3 Å². The molecule has 1 rings (SSSR count). The SMILES string of the molecule is CCCCOC(C)C(=O)NCC(Oc1ccc(F)cc1)C(=O)O. The number of carbonyl (C=O) groups is 2. The predicted octanol–water partition coefficient (Wildman–Crippen LogP) is 1.98. The minimum atomic E-state index is -1.27. The van der Waals surface area contributed by atoms with Crippen molar-refractivity contribution in [3.05, 3.63) is 30.1 Å². The highest BCUT2D eigenvalue weighted by Gasteiger charge is 2.22. The predicted molar refractivity (Wildman–Crippen MR) is 81.8 cm³/mol. The van der Waals surface area contributed by atoms with E-state index in [0.717, 1.165) is 25.0 Å². The topological polar surface area (TPSA) is 84.9 Å². The molecule has 0 aromatic heterocycles. The van der Waals surface area contributed by atoms with E-state index in [1.807, 2.05) is 6.92 Å². The highest BCUT2D eigenvalue weighted by atomic mass is 19.1. The summed E-state index contributed by atoms with van der Waals surface area (Å²) in [5, 5.41) is 11.6. The average molecular weight is 327 g/mol. The van der Waals surface area contributed by atoms with Crippen LogP contribution < -0.4 is 10.1 Å². The molecule has 0 bridgehead atoms. The molecule has 2 unspecified atom stereocenters. The number of carbonyl (C=O) groups excluding carboxylic acids is 1. The Labute approximate surface area is 134 Å². The molecule has 0 aliphatic rings. The molecule has 2 N–H and O–H groups in total. The quantitative estimate of drug-likeness (QED) is 0.642. The van der Waals surface area contributed by atoms with Crippen LogP contribution in [-0.4, -0.2) is 42.3 Å². The summed E-state index contributed by atoms with van der Waals surface area (Å²) in [4.78, 5) is 23.0. The number of benzene rings is 1. The van der Waals surface area contributed by atoms with Gasteiger partial charge in [-0.25, -0.2) is 9.18 Å². The Morgan fingerprint density at radius 3 is 2.52 bits per heavy atom. The molecule has 1 aromatic carbocycles. The second kappa shape index (κ2) is 9.78. The highest BCUT2D eigenvalue weighted by Crippen LogP contribution is 2.13. The Morgan fingerprint density at radius 1 is 1.30 bits per heavy atom. The number of hydrogen-bond acceptors (Lipinski definition) is 4. The third kappa shape index (κ3) is 7.10. The van der Waals surface area contributed by atoms with Crippen molar-refractivity contribution in [2.24, 2.45) is 0 Å². The fourth-order valence-corrected chi connectivity index (χ4v) is 1.67. The van der Waals surface area contributed by atoms with Gasteiger partial charge in [0.1, 0.15) is 17.7 Å². The van der Waals surface area contributed by atoms with Crippen molar-refractivity contribution in [1.29, 1.82) is 0 Å². The van der Waals surface area contributed by atoms with Gasteiger partial charge in [-0.05, 0) is 37.6 Å². The Balaban J connectivity index is 2.48. The molecule has 1 amide bonds. The third-order valence-corrected chi connectivity index (χ3v) is 3.06. The fourth-order valence-electron chi connectivity index (χ4n) is 1.67. The number of nitrogens with one attached hydrogen (secondary N) is 1. The minimum Gasteiger partial charge on any atom is -0.478 e. The van der Waals surface area contributed by atoms with Crippen LogP contribution >= 0.6 is 0 Å². The van der Waals surface area contributed by atoms with Gasteiger partial charge in [-0.2, -0.15) is 0 Å². The van der Waals surface area contributed by atoms with Crippen LogP contribution in [0.15, 0.2) is 24.3 Å². The molecular formula is C16H22FNO5. The van der Waals surface area contributed by atoms with Gasteiger partial charge in [0.05, 0.1) is 6.54 Å². The first-order valence-electron chi connectivity index (χ1n) is 7.48. The molecule has 1 aromatic rings. The monoisotopic (exact) mass is 327 g/mol. The van der Waals surface area contributed by atoms with Crippen molar-refractivity contribution < 1.29 is 28.6 Å². The van der Waals surface area contributed by atoms with Crippen LogP contribution in [0.4, 0.5) is 4.39 Å². The number of aliphatic carboxylic acids is 1. The summed E-state index contributed by atoms with van der Waals surface area (Å²) < 4.78 is 23.4. The number of amides is 1. The van der Waals surface area contributed by atoms with Crippen LogP contribution in [0, 0.1) is 5.82 Å². The standard InChI is InChI=1S/C16H22FNO5/c1-3-4-9-22-11(2)15(19)18-10-14(16(20)21)23-13-7-5-12(17)6-8-13/h5-8,11,14H,3-4,9-10H2,1-2H3,(H,18,19)(H,20,21). The van der Waals surface area contributed by atoms with Gasteiger partial charge in [0.25, 0.3) is 0 Å². The van der Waals surface area contributed by atoms with Crippen molar-refractivity contribution in [3.8, 4) is 5.75 Å². The first-order valence-corrected chi connectivity index (χ1v) is 7.48. The molecule has 23 heavy (non-hydrogen) atoms. The number of ether oxygens (including phenoxy) is 2. The van der Waals surface area contributed by atoms with Gasteiger partial charge < -0.3 is 19.9 Å². The molecule has 0 aliphatic carbocycles. The van der Waals surface area contributed by atoms with Gasteiger partial charge >= 0.3 is 5.97 Å². The van der Waals surface area contributed by atoms with E-state index in [9.17, 15) is 14.0 Å². The van der Waals surface area contributed by atoms with Crippen molar-refractivity contribution in [2.75, 3.05) is 13.2 Å². The largest absolute Gasteiger partial charge is 0.478 e. The van der Waals surface area contributed by atoms with Gasteiger partial charge in [-0.15, -0.1) is 0 Å². The maximum Gasteiger partial charge on any atom is 0.346 e. The third-order valence-electron chi connectivity index (χ3n) is 3.06. The zero-order valence-corrected chi connectivity index (χ0v) is 13.3. The van der Waals surface area contributed by atoms with E-state index < -0.39 is 29.9 Å². The molecule has 0 saturated carbocycles. The van der Waals surface area contributed by atoms with E-state index in [1.54, 1.807) is 6.92 Å². The Hall–Kier alpha value is -2.15. The van der Waals surface area contributed by atoms with E-state index in [-0.39, 0.29) is 12.3 Å². The second-order valence-electron chi connectivity index (χ2n) is 5.01. The van der Waals surface area contributed by atoms with E-state index in [1.165, 1.54) is 12.1 Å². The van der Waals surface area contributed by atoms with Crippen molar-refractivity contribution in [2.45, 2.75) is 38.9 Å². The Bertz CT molecular complexity index is 506. The zero-order chi connectivity index (χ0) is 17.2. The number of unbranched alkanes of at least 4 members (excludes halogenated alkanes) is 1. The number of halogens is 1. The summed E-state index contributed by atoms with van der Waals surface area (Å²) in [6.07, 6.45) is -0.127. The summed E-state index contributed by atoms with van der Waals surface area (Å²) in [5.41, 5.74) is 0. The number of carboxylic acid groups (broad SMARTS) is 1. The molecule has 0 radical (unpaired) electrons. The smallest absolute Gasteiger partial charge is 0.346 e. The molecular weight excluding hydrogens is 305 g/mol. The highest BCUT2D eigenvalue weighted by molar-refractivity contribution is 5.81. The maximum absolute atomic E-state index is 12.8. The molecule has 6 nitrogen and oxygen atoms in total. The van der Waals surface area contributed by atoms with E-state index in [2.05, 4.69) is 5.32 Å². The summed E-state index contributed by atoms with van der Waals surface area (Å²) >= 11 is 0. The van der Waals surface area contributed by atoms with Crippen LogP contribution in [-0.2, 0) is 14.3 Å². The van der Waals surface area contributed by atoms with Gasteiger partial charge in [0, 0.05) is 6.61 Å². The molecule has 7 heteroatoms. The lowest BCUT2D eigenvalue weighted by Gasteiger charge is -2.18. The summed E-state index contributed by atoms with van der Waals surface area (Å²) in [6, 6.07) is 4.97. The molecule has 0 heterocycles. The minimum absolute atomic E-state index is 0.209. The number of hydrogen-bond donors (Lipinski definition) is 2. The van der Waals surface area contributed by atoms with Crippen LogP contribution in [0.25, 0.3) is 0 Å². The normalized spacial score (nSPS) is 13.2. The fraction of sp³-hybridized carbons (Fsp3) is 0.500. The summed E-state index contributed by atoms with van der Waals surface area (Å²) in [5.74, 6) is -1.87. The molecule has 0 fully saturated rings. The van der Waals surface area contributed by atoms with Crippen LogP contribution in [0.1, 0.15) is 26.7 Å². The van der Waals surface area contributed by atoms with E-state index >= 15 is 0 Å².